The van der Waals surface area contributed by atoms with Crippen LogP contribution in [0.2, 0.25) is 0 Å². The van der Waals surface area contributed by atoms with Crippen LogP contribution in [-0.4, -0.2) is 65.5 Å². The molecule has 3 rings (SSSR count). The van der Waals surface area contributed by atoms with Crippen LogP contribution in [0.25, 0.3) is 10.7 Å². The average molecular weight is 410 g/mol. The van der Waals surface area contributed by atoms with Gasteiger partial charge in [0.25, 0.3) is 0 Å². The van der Waals surface area contributed by atoms with Crippen LogP contribution in [0.4, 0.5) is 0 Å². The molecule has 0 radical (unpaired) electrons. The molecule has 7 nitrogen and oxygen atoms in total. The number of aromatic nitrogens is 3. The van der Waals surface area contributed by atoms with E-state index in [9.17, 15) is 4.79 Å². The maximum atomic E-state index is 12.7. The van der Waals surface area contributed by atoms with Crippen molar-refractivity contribution >= 4 is 29.5 Å². The molecule has 0 saturated carbocycles. The highest BCUT2D eigenvalue weighted by Gasteiger charge is 2.23. The molecule has 9 heteroatoms. The van der Waals surface area contributed by atoms with Gasteiger partial charge < -0.3 is 15.0 Å². The van der Waals surface area contributed by atoms with Crippen molar-refractivity contribution in [1.29, 1.82) is 0 Å². The first kappa shape index (κ1) is 20.2. The van der Waals surface area contributed by atoms with E-state index in [4.69, 9.17) is 17.0 Å². The summed E-state index contributed by atoms with van der Waals surface area (Å²) in [6, 6.07) is 3.54. The molecule has 1 fully saturated rings. The van der Waals surface area contributed by atoms with E-state index < -0.39 is 6.04 Å². The second-order valence-corrected chi connectivity index (χ2v) is 8.23. The van der Waals surface area contributed by atoms with Crippen LogP contribution in [-0.2, 0) is 9.53 Å². The Bertz CT molecular complexity index is 778. The van der Waals surface area contributed by atoms with Crippen molar-refractivity contribution in [3.8, 4) is 10.7 Å². The summed E-state index contributed by atoms with van der Waals surface area (Å²) in [5.74, 6) is 1.21. The Morgan fingerprint density at radius 1 is 1.52 bits per heavy atom. The fourth-order valence-corrected chi connectivity index (χ4v) is 4.39. The lowest BCUT2D eigenvalue weighted by atomic mass is 9.96. The molecule has 2 N–H and O–H groups in total. The molecule has 1 saturated heterocycles. The molecule has 3 heterocycles. The van der Waals surface area contributed by atoms with Gasteiger partial charge in [-0.25, -0.2) is 0 Å². The first-order valence-electron chi connectivity index (χ1n) is 9.30. The third-order valence-corrected chi connectivity index (χ3v) is 6.25. The van der Waals surface area contributed by atoms with Gasteiger partial charge in [-0.3, -0.25) is 14.5 Å². The second kappa shape index (κ2) is 9.59. The van der Waals surface area contributed by atoms with E-state index in [2.05, 4.69) is 20.4 Å². The summed E-state index contributed by atoms with van der Waals surface area (Å²) in [5.41, 5.74) is 0. The molecule has 2 aromatic heterocycles. The summed E-state index contributed by atoms with van der Waals surface area (Å²) in [6.07, 6.45) is 2.20. The highest BCUT2D eigenvalue weighted by atomic mass is 32.1. The number of nitrogens with zero attached hydrogens (tertiary/aromatic N) is 3. The van der Waals surface area contributed by atoms with Crippen LogP contribution in [0.15, 0.2) is 17.5 Å². The van der Waals surface area contributed by atoms with Gasteiger partial charge in [-0.15, -0.1) is 11.3 Å². The second-order valence-electron chi connectivity index (χ2n) is 6.90. The maximum Gasteiger partial charge on any atom is 0.242 e. The van der Waals surface area contributed by atoms with Crippen molar-refractivity contribution in [1.82, 2.24) is 25.0 Å². The Morgan fingerprint density at radius 2 is 2.30 bits per heavy atom. The number of nitrogens with one attached hydrogen (secondary N) is 2. The predicted molar refractivity (Wildman–Crippen MR) is 109 cm³/mol. The summed E-state index contributed by atoms with van der Waals surface area (Å²) < 4.78 is 7.40. The molecule has 0 aromatic carbocycles. The van der Waals surface area contributed by atoms with Crippen molar-refractivity contribution in [2.75, 3.05) is 39.9 Å². The summed E-state index contributed by atoms with van der Waals surface area (Å²) in [6.45, 7) is 6.46. The van der Waals surface area contributed by atoms with Crippen LogP contribution in [0.1, 0.15) is 25.8 Å². The van der Waals surface area contributed by atoms with Crippen molar-refractivity contribution in [2.45, 2.75) is 25.8 Å². The van der Waals surface area contributed by atoms with Crippen molar-refractivity contribution < 1.29 is 9.53 Å². The van der Waals surface area contributed by atoms with Gasteiger partial charge in [0.2, 0.25) is 5.91 Å². The number of carbonyl (C=O) groups excluding carboxylic acids is 1. The fraction of sp³-hybridized carbons (Fsp3) is 0.611. The van der Waals surface area contributed by atoms with Gasteiger partial charge in [0.05, 0.1) is 11.5 Å². The van der Waals surface area contributed by atoms with Crippen molar-refractivity contribution in [2.24, 2.45) is 5.92 Å². The van der Waals surface area contributed by atoms with E-state index in [1.807, 2.05) is 24.4 Å². The normalized spacial score (nSPS) is 17.1. The summed E-state index contributed by atoms with van der Waals surface area (Å²) in [4.78, 5) is 16.1. The van der Waals surface area contributed by atoms with Gasteiger partial charge in [-0.2, -0.15) is 5.10 Å². The lowest BCUT2D eigenvalue weighted by Gasteiger charge is -2.32. The van der Waals surface area contributed by atoms with Gasteiger partial charge >= 0.3 is 0 Å². The van der Waals surface area contributed by atoms with E-state index in [1.54, 1.807) is 23.0 Å². The minimum absolute atomic E-state index is 0.0212. The fourth-order valence-electron chi connectivity index (χ4n) is 3.39. The Balaban J connectivity index is 1.54. The number of likely N-dealkylation sites (tertiary alicyclic amines) is 1. The maximum absolute atomic E-state index is 12.7. The van der Waals surface area contributed by atoms with E-state index in [1.165, 1.54) is 0 Å². The number of piperidine rings is 1. The van der Waals surface area contributed by atoms with E-state index in [-0.39, 0.29) is 5.91 Å². The molecule has 0 aliphatic carbocycles. The zero-order valence-electron chi connectivity index (χ0n) is 15.8. The number of hydrogen-bond donors (Lipinski definition) is 2. The Labute approximate surface area is 168 Å². The number of amides is 1. The molecule has 27 heavy (non-hydrogen) atoms. The third kappa shape index (κ3) is 5.04. The van der Waals surface area contributed by atoms with E-state index in [0.29, 0.717) is 23.1 Å². The summed E-state index contributed by atoms with van der Waals surface area (Å²) in [5, 5.41) is 12.2. The third-order valence-electron chi connectivity index (χ3n) is 5.10. The Hall–Kier alpha value is -1.55. The van der Waals surface area contributed by atoms with Crippen molar-refractivity contribution in [3.05, 3.63) is 22.3 Å². The topological polar surface area (TPSA) is 75.2 Å². The molecule has 1 atom stereocenters. The molecular formula is C18H27N5O2S2. The SMILES string of the molecule is COCCN1CCC(CNC(=O)C(C)n2c(-c3cccs3)n[nH]c2=S)CC1. The minimum Gasteiger partial charge on any atom is -0.383 e. The number of thiophene rings is 1. The molecule has 0 spiro atoms. The van der Waals surface area contributed by atoms with Crippen LogP contribution in [0, 0.1) is 10.7 Å². The van der Waals surface area contributed by atoms with Gasteiger partial charge in [-0.1, -0.05) is 6.07 Å². The van der Waals surface area contributed by atoms with E-state index >= 15 is 0 Å². The molecular weight excluding hydrogens is 382 g/mol. The highest BCUT2D eigenvalue weighted by molar-refractivity contribution is 7.71. The van der Waals surface area contributed by atoms with Gasteiger partial charge in [0.15, 0.2) is 10.6 Å². The van der Waals surface area contributed by atoms with Gasteiger partial charge in [0.1, 0.15) is 6.04 Å². The quantitative estimate of drug-likeness (QED) is 0.656. The smallest absolute Gasteiger partial charge is 0.242 e. The van der Waals surface area contributed by atoms with E-state index in [0.717, 1.165) is 44.0 Å². The highest BCUT2D eigenvalue weighted by Crippen LogP contribution is 2.25. The monoisotopic (exact) mass is 409 g/mol. The standard InChI is InChI=1S/C18H27N5O2S2/c1-13(23-16(20-21-18(23)26)15-4-3-11-27-15)17(24)19-12-14-5-7-22(8-6-14)9-10-25-2/h3-4,11,13-14H,5-10,12H2,1-2H3,(H,19,24)(H,21,26). The molecule has 2 aromatic rings. The first-order valence-corrected chi connectivity index (χ1v) is 10.6. The predicted octanol–water partition coefficient (Wildman–Crippen LogP) is 2.70. The zero-order chi connectivity index (χ0) is 19.2. The average Bonchev–Trinajstić information content (AvgIpc) is 3.34. The Morgan fingerprint density at radius 3 is 2.96 bits per heavy atom. The van der Waals surface area contributed by atoms with Crippen molar-refractivity contribution in [3.63, 3.8) is 0 Å². The lowest BCUT2D eigenvalue weighted by Crippen LogP contribution is -2.41. The number of ether oxygens (including phenoxy) is 1. The van der Waals surface area contributed by atoms with Crippen LogP contribution in [0.5, 0.6) is 0 Å². The van der Waals surface area contributed by atoms with Crippen LogP contribution in [0.3, 0.4) is 0 Å². The number of H-pyrrole nitrogens is 1. The molecule has 1 aliphatic rings. The number of carbonyl (C=O) groups is 1. The number of hydrogen-bond acceptors (Lipinski definition) is 6. The number of aromatic amines is 1. The van der Waals surface area contributed by atoms with Crippen LogP contribution < -0.4 is 5.32 Å². The lowest BCUT2D eigenvalue weighted by molar-refractivity contribution is -0.124. The molecule has 148 valence electrons. The zero-order valence-corrected chi connectivity index (χ0v) is 17.4. The number of methoxy groups -OCH3 is 1. The largest absolute Gasteiger partial charge is 0.383 e. The molecule has 0 bridgehead atoms. The van der Waals surface area contributed by atoms with Gasteiger partial charge in [-0.05, 0) is 62.4 Å². The molecule has 1 unspecified atom stereocenters. The molecule has 1 aliphatic heterocycles. The summed E-state index contributed by atoms with van der Waals surface area (Å²) in [7, 11) is 1.74. The minimum atomic E-state index is -0.407. The van der Waals surface area contributed by atoms with Gasteiger partial charge in [0, 0.05) is 20.2 Å². The number of rotatable bonds is 8. The summed E-state index contributed by atoms with van der Waals surface area (Å²) >= 11 is 6.93. The van der Waals surface area contributed by atoms with Crippen LogP contribution >= 0.6 is 23.6 Å². The Kier molecular flexibility index (Phi) is 7.17. The molecule has 1 amide bonds. The first-order chi connectivity index (χ1) is 13.1.